The highest BCUT2D eigenvalue weighted by atomic mass is 16.2. The summed E-state index contributed by atoms with van der Waals surface area (Å²) in [4.78, 5) is 37.1. The third kappa shape index (κ3) is 4.67. The van der Waals surface area contributed by atoms with Crippen molar-refractivity contribution in [3.8, 4) is 0 Å². The molecule has 1 aromatic rings. The Hall–Kier alpha value is -2.27. The number of hydrogen-bond donors (Lipinski definition) is 2. The van der Waals surface area contributed by atoms with Gasteiger partial charge in [-0.15, -0.1) is 0 Å². The lowest BCUT2D eigenvalue weighted by molar-refractivity contribution is -0.133. The van der Waals surface area contributed by atoms with Crippen molar-refractivity contribution < 1.29 is 14.4 Å². The van der Waals surface area contributed by atoms with Gasteiger partial charge >= 0.3 is 0 Å². The molecular weight excluding hydrogens is 328 g/mol. The highest BCUT2D eigenvalue weighted by Gasteiger charge is 2.33. The van der Waals surface area contributed by atoms with Gasteiger partial charge in [-0.25, -0.2) is 0 Å². The highest BCUT2D eigenvalue weighted by Crippen LogP contribution is 2.28. The van der Waals surface area contributed by atoms with Crippen LogP contribution in [0.5, 0.6) is 0 Å². The van der Waals surface area contributed by atoms with E-state index in [-0.39, 0.29) is 23.6 Å². The van der Waals surface area contributed by atoms with E-state index in [4.69, 9.17) is 0 Å². The Morgan fingerprint density at radius 3 is 2.62 bits per heavy atom. The molecule has 26 heavy (non-hydrogen) atoms. The van der Waals surface area contributed by atoms with Crippen molar-refractivity contribution in [2.24, 2.45) is 5.92 Å². The van der Waals surface area contributed by atoms with E-state index in [1.165, 1.54) is 5.56 Å². The molecule has 2 amide bonds. The summed E-state index contributed by atoms with van der Waals surface area (Å²) in [6, 6.07) is 9.79. The highest BCUT2D eigenvalue weighted by molar-refractivity contribution is 6.06. The molecular formula is C21H26N2O3. The number of carbonyl (C=O) groups is 3. The maximum Gasteiger partial charge on any atom is 0.243 e. The van der Waals surface area contributed by atoms with Gasteiger partial charge in [0.25, 0.3) is 0 Å². The first-order chi connectivity index (χ1) is 12.6. The van der Waals surface area contributed by atoms with Crippen LogP contribution in [-0.4, -0.2) is 30.2 Å². The Morgan fingerprint density at radius 1 is 1.08 bits per heavy atom. The van der Waals surface area contributed by atoms with Crippen molar-refractivity contribution in [1.82, 2.24) is 10.6 Å². The predicted octanol–water partition coefficient (Wildman–Crippen LogP) is 2.31. The van der Waals surface area contributed by atoms with Crippen LogP contribution < -0.4 is 10.6 Å². The maximum atomic E-state index is 12.5. The van der Waals surface area contributed by atoms with Crippen LogP contribution in [0.2, 0.25) is 0 Å². The average Bonchev–Trinajstić information content (AvgIpc) is 3.34. The molecule has 0 spiro atoms. The van der Waals surface area contributed by atoms with Gasteiger partial charge in [0.05, 0.1) is 12.0 Å². The Labute approximate surface area is 154 Å². The fourth-order valence-corrected chi connectivity index (χ4v) is 3.73. The lowest BCUT2D eigenvalue weighted by Gasteiger charge is -2.16. The summed E-state index contributed by atoms with van der Waals surface area (Å²) in [6.45, 7) is 0.806. The SMILES string of the molecule is O=C(CCCc1ccccc1)C1=CCCC1C(=O)NC(=O)[C@@H]1CCCN1. The van der Waals surface area contributed by atoms with Gasteiger partial charge in [-0.1, -0.05) is 36.4 Å². The number of benzene rings is 1. The van der Waals surface area contributed by atoms with E-state index in [0.717, 1.165) is 32.2 Å². The Bertz CT molecular complexity index is 690. The number of rotatable bonds is 7. The van der Waals surface area contributed by atoms with Crippen molar-refractivity contribution in [2.75, 3.05) is 6.54 Å². The Morgan fingerprint density at radius 2 is 1.88 bits per heavy atom. The van der Waals surface area contributed by atoms with E-state index in [1.807, 2.05) is 24.3 Å². The molecule has 2 N–H and O–H groups in total. The molecule has 1 fully saturated rings. The molecule has 1 aliphatic carbocycles. The molecule has 2 aliphatic rings. The number of nitrogens with one attached hydrogen (secondary N) is 2. The minimum Gasteiger partial charge on any atom is -0.306 e. The normalized spacial score (nSPS) is 22.1. The average molecular weight is 354 g/mol. The summed E-state index contributed by atoms with van der Waals surface area (Å²) < 4.78 is 0. The second-order valence-corrected chi connectivity index (χ2v) is 7.05. The summed E-state index contributed by atoms with van der Waals surface area (Å²) in [6.07, 6.45) is 6.94. The molecule has 138 valence electrons. The summed E-state index contributed by atoms with van der Waals surface area (Å²) in [7, 11) is 0. The van der Waals surface area contributed by atoms with Gasteiger partial charge in [0.15, 0.2) is 5.78 Å². The molecule has 1 aliphatic heterocycles. The summed E-state index contributed by atoms with van der Waals surface area (Å²) in [5.74, 6) is -1.05. The van der Waals surface area contributed by atoms with Crippen LogP contribution in [0.4, 0.5) is 0 Å². The number of ketones is 1. The molecule has 1 saturated heterocycles. The van der Waals surface area contributed by atoms with Crippen LogP contribution in [0.3, 0.4) is 0 Å². The number of imide groups is 1. The van der Waals surface area contributed by atoms with E-state index < -0.39 is 5.92 Å². The summed E-state index contributed by atoms with van der Waals surface area (Å²) in [5, 5.41) is 5.58. The lowest BCUT2D eigenvalue weighted by atomic mass is 9.94. The smallest absolute Gasteiger partial charge is 0.243 e. The molecule has 0 aromatic heterocycles. The molecule has 0 bridgehead atoms. The van der Waals surface area contributed by atoms with Crippen LogP contribution >= 0.6 is 0 Å². The first kappa shape index (κ1) is 18.5. The first-order valence-corrected chi connectivity index (χ1v) is 9.50. The van der Waals surface area contributed by atoms with Crippen LogP contribution in [0, 0.1) is 5.92 Å². The number of hydrogen-bond acceptors (Lipinski definition) is 4. The third-order valence-corrected chi connectivity index (χ3v) is 5.17. The monoisotopic (exact) mass is 354 g/mol. The van der Waals surface area contributed by atoms with Crippen molar-refractivity contribution in [2.45, 2.75) is 51.0 Å². The van der Waals surface area contributed by atoms with Gasteiger partial charge in [0.2, 0.25) is 11.8 Å². The summed E-state index contributed by atoms with van der Waals surface area (Å²) in [5.41, 5.74) is 1.80. The lowest BCUT2D eigenvalue weighted by Crippen LogP contribution is -2.45. The molecule has 1 unspecified atom stereocenters. The standard InChI is InChI=1S/C21H26N2O3/c24-19(13-4-9-15-7-2-1-3-8-15)16-10-5-11-17(16)20(25)23-21(26)18-12-6-14-22-18/h1-3,7-8,10,17-18,22H,4-6,9,11-14H2,(H,23,25,26)/t17?,18-/m0/s1. The second kappa shape index (κ2) is 8.90. The number of carbonyl (C=O) groups excluding carboxylic acids is 3. The molecule has 5 nitrogen and oxygen atoms in total. The largest absolute Gasteiger partial charge is 0.306 e. The summed E-state index contributed by atoms with van der Waals surface area (Å²) >= 11 is 0. The van der Waals surface area contributed by atoms with Crippen LogP contribution in [0.15, 0.2) is 42.0 Å². The van der Waals surface area contributed by atoms with Gasteiger partial charge in [0.1, 0.15) is 0 Å². The molecule has 3 rings (SSSR count). The quantitative estimate of drug-likeness (QED) is 0.737. The zero-order chi connectivity index (χ0) is 18.4. The van der Waals surface area contributed by atoms with Crippen molar-refractivity contribution in [3.63, 3.8) is 0 Å². The Balaban J connectivity index is 1.49. The molecule has 0 radical (unpaired) electrons. The maximum absolute atomic E-state index is 12.5. The van der Waals surface area contributed by atoms with E-state index in [9.17, 15) is 14.4 Å². The van der Waals surface area contributed by atoms with Gasteiger partial charge < -0.3 is 5.32 Å². The number of Topliss-reactive ketones (excluding diaryl/α,β-unsaturated/α-hetero) is 1. The van der Waals surface area contributed by atoms with E-state index in [0.29, 0.717) is 24.8 Å². The molecule has 5 heteroatoms. The van der Waals surface area contributed by atoms with Gasteiger partial charge in [-0.2, -0.15) is 0 Å². The predicted molar refractivity (Wildman–Crippen MR) is 99.4 cm³/mol. The zero-order valence-corrected chi connectivity index (χ0v) is 15.0. The first-order valence-electron chi connectivity index (χ1n) is 9.50. The molecule has 1 aromatic carbocycles. The fourth-order valence-electron chi connectivity index (χ4n) is 3.73. The van der Waals surface area contributed by atoms with E-state index in [1.54, 1.807) is 0 Å². The fraction of sp³-hybridized carbons (Fsp3) is 0.476. The minimum atomic E-state index is -0.482. The second-order valence-electron chi connectivity index (χ2n) is 7.05. The van der Waals surface area contributed by atoms with E-state index in [2.05, 4.69) is 22.8 Å². The van der Waals surface area contributed by atoms with Gasteiger partial charge in [-0.05, 0) is 50.6 Å². The number of allylic oxidation sites excluding steroid dienone is 1. The zero-order valence-electron chi connectivity index (χ0n) is 15.0. The van der Waals surface area contributed by atoms with Crippen molar-refractivity contribution in [3.05, 3.63) is 47.5 Å². The van der Waals surface area contributed by atoms with Gasteiger partial charge in [-0.3, -0.25) is 19.7 Å². The number of amides is 2. The van der Waals surface area contributed by atoms with Crippen LogP contribution in [0.1, 0.15) is 44.1 Å². The molecule has 2 atom stereocenters. The van der Waals surface area contributed by atoms with E-state index >= 15 is 0 Å². The number of aryl methyl sites for hydroxylation is 1. The van der Waals surface area contributed by atoms with Crippen molar-refractivity contribution in [1.29, 1.82) is 0 Å². The van der Waals surface area contributed by atoms with Gasteiger partial charge in [0, 0.05) is 12.0 Å². The third-order valence-electron chi connectivity index (χ3n) is 5.17. The van der Waals surface area contributed by atoms with Crippen molar-refractivity contribution >= 4 is 17.6 Å². The Kier molecular flexibility index (Phi) is 6.34. The minimum absolute atomic E-state index is 0.0324. The molecule has 1 heterocycles. The molecule has 0 saturated carbocycles. The topological polar surface area (TPSA) is 75.3 Å². The van der Waals surface area contributed by atoms with Crippen LogP contribution in [-0.2, 0) is 20.8 Å². The van der Waals surface area contributed by atoms with Crippen LogP contribution in [0.25, 0.3) is 0 Å².